The first-order chi connectivity index (χ1) is 12.6. The summed E-state index contributed by atoms with van der Waals surface area (Å²) in [6.07, 6.45) is 14.8. The standard InChI is InChI=1S/C20H37N3O2S/c1-2-3-4-5-6-7-8-9-10-11-12-13-20-26(24,25)23(18-14-16-21)19-15-17-22/h2-15,18-20H2,1H3. The second-order valence-electron chi connectivity index (χ2n) is 6.92. The summed E-state index contributed by atoms with van der Waals surface area (Å²) in [6, 6.07) is 3.94. The predicted octanol–water partition coefficient (Wildman–Crippen LogP) is 5.15. The minimum absolute atomic E-state index is 0.126. The fraction of sp³-hybridized carbons (Fsp3) is 0.900. The Balaban J connectivity index is 3.76. The molecule has 150 valence electrons. The van der Waals surface area contributed by atoms with Gasteiger partial charge in [-0.05, 0) is 6.42 Å². The molecule has 0 saturated heterocycles. The molecule has 0 aromatic heterocycles. The normalized spacial score (nSPS) is 11.4. The minimum Gasteiger partial charge on any atom is -0.212 e. The van der Waals surface area contributed by atoms with E-state index < -0.39 is 10.0 Å². The average Bonchev–Trinajstić information content (AvgIpc) is 2.62. The second-order valence-corrected chi connectivity index (χ2v) is 9.01. The smallest absolute Gasteiger partial charge is 0.212 e. The molecule has 0 spiro atoms. The van der Waals surface area contributed by atoms with Gasteiger partial charge >= 0.3 is 0 Å². The van der Waals surface area contributed by atoms with Crippen LogP contribution in [0.25, 0.3) is 0 Å². The third-order valence-corrected chi connectivity index (χ3v) is 6.55. The summed E-state index contributed by atoms with van der Waals surface area (Å²) in [4.78, 5) is 0. The third kappa shape index (κ3) is 14.1. The van der Waals surface area contributed by atoms with Crippen molar-refractivity contribution in [1.82, 2.24) is 4.31 Å². The molecule has 0 heterocycles. The summed E-state index contributed by atoms with van der Waals surface area (Å²) < 4.78 is 26.0. The van der Waals surface area contributed by atoms with Gasteiger partial charge in [0.2, 0.25) is 10.0 Å². The lowest BCUT2D eigenvalue weighted by Crippen LogP contribution is -2.34. The maximum atomic E-state index is 12.3. The van der Waals surface area contributed by atoms with Gasteiger partial charge in [-0.15, -0.1) is 0 Å². The number of nitriles is 2. The van der Waals surface area contributed by atoms with Crippen LogP contribution in [0.4, 0.5) is 0 Å². The fourth-order valence-corrected chi connectivity index (χ4v) is 4.56. The maximum absolute atomic E-state index is 12.3. The zero-order chi connectivity index (χ0) is 19.5. The molecule has 0 saturated carbocycles. The molecule has 0 fully saturated rings. The second kappa shape index (κ2) is 17.3. The van der Waals surface area contributed by atoms with Gasteiger partial charge in [-0.3, -0.25) is 0 Å². The van der Waals surface area contributed by atoms with E-state index in [2.05, 4.69) is 6.92 Å². The Labute approximate surface area is 161 Å². The highest BCUT2D eigenvalue weighted by Crippen LogP contribution is 2.13. The van der Waals surface area contributed by atoms with Crippen molar-refractivity contribution in [3.63, 3.8) is 0 Å². The molecular weight excluding hydrogens is 346 g/mol. The quantitative estimate of drug-likeness (QED) is 0.306. The van der Waals surface area contributed by atoms with Gasteiger partial charge in [0.1, 0.15) is 0 Å². The molecule has 0 rings (SSSR count). The number of sulfonamides is 1. The van der Waals surface area contributed by atoms with Gasteiger partial charge in [0, 0.05) is 25.9 Å². The summed E-state index contributed by atoms with van der Waals surface area (Å²) in [6.45, 7) is 2.62. The molecule has 0 aliphatic carbocycles. The van der Waals surface area contributed by atoms with Crippen LogP contribution in [0.5, 0.6) is 0 Å². The Bertz CT molecular complexity index is 488. The highest BCUT2D eigenvalue weighted by atomic mass is 32.2. The third-order valence-electron chi connectivity index (χ3n) is 4.60. The summed E-state index contributed by atoms with van der Waals surface area (Å²) in [5.41, 5.74) is 0. The van der Waals surface area contributed by atoms with E-state index in [0.717, 1.165) is 12.8 Å². The molecular formula is C20H37N3O2S. The fourth-order valence-electron chi connectivity index (χ4n) is 2.99. The Hall–Kier alpha value is -1.11. The van der Waals surface area contributed by atoms with Crippen LogP contribution in [-0.2, 0) is 10.0 Å². The number of nitrogens with zero attached hydrogens (tertiary/aromatic N) is 3. The van der Waals surface area contributed by atoms with E-state index in [4.69, 9.17) is 10.5 Å². The first kappa shape index (κ1) is 24.9. The van der Waals surface area contributed by atoms with Crippen molar-refractivity contribution in [2.75, 3.05) is 18.8 Å². The van der Waals surface area contributed by atoms with Crippen LogP contribution >= 0.6 is 0 Å². The van der Waals surface area contributed by atoms with E-state index in [9.17, 15) is 8.42 Å². The van der Waals surface area contributed by atoms with Crippen molar-refractivity contribution in [2.24, 2.45) is 0 Å². The zero-order valence-electron chi connectivity index (χ0n) is 16.6. The molecule has 0 bridgehead atoms. The Kier molecular flexibility index (Phi) is 16.6. The van der Waals surface area contributed by atoms with E-state index in [1.54, 1.807) is 0 Å². The largest absolute Gasteiger partial charge is 0.214 e. The minimum atomic E-state index is -3.35. The molecule has 0 unspecified atom stereocenters. The van der Waals surface area contributed by atoms with Gasteiger partial charge in [0.25, 0.3) is 0 Å². The summed E-state index contributed by atoms with van der Waals surface area (Å²) in [5.74, 6) is 0.126. The monoisotopic (exact) mass is 383 g/mol. The zero-order valence-corrected chi connectivity index (χ0v) is 17.4. The molecule has 0 radical (unpaired) electrons. The molecule has 0 aromatic rings. The van der Waals surface area contributed by atoms with Gasteiger partial charge in [0.15, 0.2) is 0 Å². The first-order valence-corrected chi connectivity index (χ1v) is 11.9. The lowest BCUT2D eigenvalue weighted by molar-refractivity contribution is 0.423. The lowest BCUT2D eigenvalue weighted by Gasteiger charge is -2.19. The van der Waals surface area contributed by atoms with Gasteiger partial charge in [-0.25, -0.2) is 8.42 Å². The molecule has 0 atom stereocenters. The topological polar surface area (TPSA) is 85.0 Å². The van der Waals surface area contributed by atoms with Crippen LogP contribution in [0, 0.1) is 22.7 Å². The Morgan fingerprint density at radius 2 is 1.08 bits per heavy atom. The Morgan fingerprint density at radius 1 is 0.692 bits per heavy atom. The van der Waals surface area contributed by atoms with E-state index in [1.165, 1.54) is 62.1 Å². The molecule has 0 aliphatic heterocycles. The van der Waals surface area contributed by atoms with E-state index in [-0.39, 0.29) is 31.7 Å². The lowest BCUT2D eigenvalue weighted by atomic mass is 10.1. The summed E-state index contributed by atoms with van der Waals surface area (Å²) >= 11 is 0. The van der Waals surface area contributed by atoms with Crippen LogP contribution in [0.15, 0.2) is 0 Å². The Morgan fingerprint density at radius 3 is 1.46 bits per heavy atom. The van der Waals surface area contributed by atoms with Crippen molar-refractivity contribution in [3.05, 3.63) is 0 Å². The van der Waals surface area contributed by atoms with E-state index in [0.29, 0.717) is 6.42 Å². The molecule has 0 amide bonds. The van der Waals surface area contributed by atoms with Crippen molar-refractivity contribution in [3.8, 4) is 12.1 Å². The van der Waals surface area contributed by atoms with Crippen LogP contribution in [0.2, 0.25) is 0 Å². The number of hydrogen-bond donors (Lipinski definition) is 0. The van der Waals surface area contributed by atoms with Crippen molar-refractivity contribution in [1.29, 1.82) is 10.5 Å². The van der Waals surface area contributed by atoms with Crippen molar-refractivity contribution >= 4 is 10.0 Å². The summed E-state index contributed by atoms with van der Waals surface area (Å²) in [5, 5.41) is 17.3. The van der Waals surface area contributed by atoms with Gasteiger partial charge in [-0.2, -0.15) is 14.8 Å². The SMILES string of the molecule is CCCCCCCCCCCCCCS(=O)(=O)N(CCC#N)CCC#N. The average molecular weight is 384 g/mol. The summed E-state index contributed by atoms with van der Waals surface area (Å²) in [7, 11) is -3.35. The van der Waals surface area contributed by atoms with Crippen LogP contribution < -0.4 is 0 Å². The number of unbranched alkanes of at least 4 members (excludes halogenated alkanes) is 11. The highest BCUT2D eigenvalue weighted by molar-refractivity contribution is 7.89. The van der Waals surface area contributed by atoms with Crippen LogP contribution in [0.1, 0.15) is 96.8 Å². The highest BCUT2D eigenvalue weighted by Gasteiger charge is 2.20. The molecule has 6 heteroatoms. The van der Waals surface area contributed by atoms with Gasteiger partial charge < -0.3 is 0 Å². The van der Waals surface area contributed by atoms with E-state index >= 15 is 0 Å². The van der Waals surface area contributed by atoms with Gasteiger partial charge in [-0.1, -0.05) is 77.6 Å². The predicted molar refractivity (Wildman–Crippen MR) is 107 cm³/mol. The number of rotatable bonds is 18. The van der Waals surface area contributed by atoms with Crippen molar-refractivity contribution in [2.45, 2.75) is 96.8 Å². The maximum Gasteiger partial charge on any atom is 0.214 e. The molecule has 0 aliphatic rings. The van der Waals surface area contributed by atoms with E-state index in [1.807, 2.05) is 12.1 Å². The van der Waals surface area contributed by atoms with Crippen LogP contribution in [0.3, 0.4) is 0 Å². The molecule has 0 aromatic carbocycles. The van der Waals surface area contributed by atoms with Crippen molar-refractivity contribution < 1.29 is 8.42 Å². The molecule has 5 nitrogen and oxygen atoms in total. The van der Waals surface area contributed by atoms with Crippen LogP contribution in [-0.4, -0.2) is 31.6 Å². The molecule has 26 heavy (non-hydrogen) atoms. The van der Waals surface area contributed by atoms with Gasteiger partial charge in [0.05, 0.1) is 17.9 Å². The number of hydrogen-bond acceptors (Lipinski definition) is 4. The molecule has 0 N–H and O–H groups in total. The first-order valence-electron chi connectivity index (χ1n) is 10.3.